The second kappa shape index (κ2) is 3.99. The van der Waals surface area contributed by atoms with Crippen LogP contribution in [-0.2, 0) is 0 Å². The maximum atomic E-state index is 12.7. The third kappa shape index (κ3) is 2.89. The summed E-state index contributed by atoms with van der Waals surface area (Å²) in [6, 6.07) is 0.266. The summed E-state index contributed by atoms with van der Waals surface area (Å²) in [7, 11) is 0. The van der Waals surface area contributed by atoms with Gasteiger partial charge in [0.25, 0.3) is 0 Å². The van der Waals surface area contributed by atoms with E-state index < -0.39 is 5.92 Å². The van der Waals surface area contributed by atoms with E-state index in [0.29, 0.717) is 12.8 Å². The van der Waals surface area contributed by atoms with E-state index in [1.165, 1.54) is 0 Å². The van der Waals surface area contributed by atoms with Gasteiger partial charge in [-0.05, 0) is 12.8 Å². The normalized spacial score (nSPS) is 23.8. The first-order valence-electron chi connectivity index (χ1n) is 4.36. The van der Waals surface area contributed by atoms with Crippen molar-refractivity contribution in [1.82, 2.24) is 5.32 Å². The molecule has 0 heterocycles. The molecule has 1 N–H and O–H groups in total. The van der Waals surface area contributed by atoms with Crippen LogP contribution in [0.5, 0.6) is 0 Å². The van der Waals surface area contributed by atoms with Crippen LogP contribution in [0.2, 0.25) is 0 Å². The molecule has 0 aliphatic heterocycles. The molecule has 0 atom stereocenters. The Morgan fingerprint density at radius 1 is 1.42 bits per heavy atom. The van der Waals surface area contributed by atoms with E-state index in [1.807, 2.05) is 0 Å². The molecule has 1 rings (SSSR count). The number of hydrogen-bond acceptors (Lipinski definition) is 1. The van der Waals surface area contributed by atoms with Crippen LogP contribution in [0, 0.1) is 0 Å². The minimum Gasteiger partial charge on any atom is -0.311 e. The molecule has 1 fully saturated rings. The SMILES string of the molecule is C=CCNC1CCC(F)(F)CC1. The van der Waals surface area contributed by atoms with E-state index in [1.54, 1.807) is 6.08 Å². The van der Waals surface area contributed by atoms with Crippen LogP contribution in [0.15, 0.2) is 12.7 Å². The smallest absolute Gasteiger partial charge is 0.248 e. The van der Waals surface area contributed by atoms with Gasteiger partial charge in [-0.1, -0.05) is 6.08 Å². The molecule has 70 valence electrons. The predicted molar refractivity (Wildman–Crippen MR) is 45.4 cm³/mol. The zero-order valence-corrected chi connectivity index (χ0v) is 7.15. The topological polar surface area (TPSA) is 12.0 Å². The van der Waals surface area contributed by atoms with E-state index in [4.69, 9.17) is 0 Å². The Morgan fingerprint density at radius 2 is 2.00 bits per heavy atom. The quantitative estimate of drug-likeness (QED) is 0.649. The minimum atomic E-state index is -2.41. The minimum absolute atomic E-state index is 0.0296. The Morgan fingerprint density at radius 3 is 2.50 bits per heavy atom. The van der Waals surface area contributed by atoms with Crippen molar-refractivity contribution in [2.24, 2.45) is 0 Å². The van der Waals surface area contributed by atoms with Crippen molar-refractivity contribution >= 4 is 0 Å². The summed E-state index contributed by atoms with van der Waals surface area (Å²) in [5.74, 6) is -2.41. The maximum absolute atomic E-state index is 12.7. The van der Waals surface area contributed by atoms with Gasteiger partial charge in [0, 0.05) is 25.4 Å². The van der Waals surface area contributed by atoms with Gasteiger partial charge in [-0.2, -0.15) is 0 Å². The molecule has 0 spiro atoms. The number of rotatable bonds is 3. The predicted octanol–water partition coefficient (Wildman–Crippen LogP) is 2.34. The third-order valence-corrected chi connectivity index (χ3v) is 2.27. The van der Waals surface area contributed by atoms with Crippen LogP contribution in [0.25, 0.3) is 0 Å². The number of alkyl halides is 2. The first-order valence-corrected chi connectivity index (χ1v) is 4.36. The Balaban J connectivity index is 2.22. The Hall–Kier alpha value is -0.440. The number of halogens is 2. The molecule has 0 aromatic heterocycles. The Labute approximate surface area is 71.8 Å². The molecule has 0 unspecified atom stereocenters. The lowest BCUT2D eigenvalue weighted by molar-refractivity contribution is -0.0401. The van der Waals surface area contributed by atoms with Crippen LogP contribution in [0.3, 0.4) is 0 Å². The van der Waals surface area contributed by atoms with Gasteiger partial charge in [-0.25, -0.2) is 8.78 Å². The molecule has 3 heteroatoms. The van der Waals surface area contributed by atoms with Crippen molar-refractivity contribution in [3.8, 4) is 0 Å². The van der Waals surface area contributed by atoms with Gasteiger partial charge in [-0.3, -0.25) is 0 Å². The molecular weight excluding hydrogens is 160 g/mol. The van der Waals surface area contributed by atoms with Gasteiger partial charge in [-0.15, -0.1) is 6.58 Å². The molecular formula is C9H15F2N. The van der Waals surface area contributed by atoms with Crippen molar-refractivity contribution in [2.45, 2.75) is 37.6 Å². The standard InChI is InChI=1S/C9H15F2N/c1-2-7-12-8-3-5-9(10,11)6-4-8/h2,8,12H,1,3-7H2. The number of hydrogen-bond donors (Lipinski definition) is 1. The molecule has 1 saturated carbocycles. The summed E-state index contributed by atoms with van der Waals surface area (Å²) in [5.41, 5.74) is 0. The highest BCUT2D eigenvalue weighted by Crippen LogP contribution is 2.32. The first-order chi connectivity index (χ1) is 5.64. The molecule has 1 aliphatic rings. The van der Waals surface area contributed by atoms with Gasteiger partial charge in [0.1, 0.15) is 0 Å². The van der Waals surface area contributed by atoms with E-state index in [9.17, 15) is 8.78 Å². The van der Waals surface area contributed by atoms with Gasteiger partial charge in [0.15, 0.2) is 0 Å². The molecule has 12 heavy (non-hydrogen) atoms. The third-order valence-electron chi connectivity index (χ3n) is 2.27. The number of nitrogens with one attached hydrogen (secondary N) is 1. The van der Waals surface area contributed by atoms with E-state index >= 15 is 0 Å². The first kappa shape index (κ1) is 9.65. The van der Waals surface area contributed by atoms with Gasteiger partial charge >= 0.3 is 0 Å². The fourth-order valence-electron chi connectivity index (χ4n) is 1.49. The highest BCUT2D eigenvalue weighted by Gasteiger charge is 2.34. The summed E-state index contributed by atoms with van der Waals surface area (Å²) in [6.07, 6.45) is 2.98. The summed E-state index contributed by atoms with van der Waals surface area (Å²) >= 11 is 0. The molecule has 0 bridgehead atoms. The fraction of sp³-hybridized carbons (Fsp3) is 0.778. The summed E-state index contributed by atoms with van der Waals surface area (Å²) in [4.78, 5) is 0. The monoisotopic (exact) mass is 175 g/mol. The van der Waals surface area contributed by atoms with Crippen molar-refractivity contribution in [3.63, 3.8) is 0 Å². The highest BCUT2D eigenvalue weighted by molar-refractivity contribution is 4.83. The summed E-state index contributed by atoms with van der Waals surface area (Å²) < 4.78 is 25.3. The van der Waals surface area contributed by atoms with Crippen LogP contribution < -0.4 is 5.32 Å². The Kier molecular flexibility index (Phi) is 3.20. The maximum Gasteiger partial charge on any atom is 0.248 e. The lowest BCUT2D eigenvalue weighted by atomic mass is 9.92. The van der Waals surface area contributed by atoms with Crippen LogP contribution >= 0.6 is 0 Å². The van der Waals surface area contributed by atoms with Crippen molar-refractivity contribution in [1.29, 1.82) is 0 Å². The van der Waals surface area contributed by atoms with Gasteiger partial charge in [0.05, 0.1) is 0 Å². The molecule has 0 aromatic rings. The molecule has 1 nitrogen and oxygen atoms in total. The van der Waals surface area contributed by atoms with Crippen molar-refractivity contribution < 1.29 is 8.78 Å². The van der Waals surface area contributed by atoms with E-state index in [0.717, 1.165) is 6.54 Å². The largest absolute Gasteiger partial charge is 0.311 e. The van der Waals surface area contributed by atoms with Crippen molar-refractivity contribution in [2.75, 3.05) is 6.54 Å². The van der Waals surface area contributed by atoms with Gasteiger partial charge in [0.2, 0.25) is 5.92 Å². The Bertz CT molecular complexity index is 147. The average Bonchev–Trinajstić information content (AvgIpc) is 2.03. The highest BCUT2D eigenvalue weighted by atomic mass is 19.3. The lowest BCUT2D eigenvalue weighted by Gasteiger charge is -2.28. The van der Waals surface area contributed by atoms with E-state index in [-0.39, 0.29) is 18.9 Å². The zero-order chi connectivity index (χ0) is 9.03. The van der Waals surface area contributed by atoms with Crippen LogP contribution in [0.4, 0.5) is 8.78 Å². The zero-order valence-electron chi connectivity index (χ0n) is 7.15. The average molecular weight is 175 g/mol. The summed E-state index contributed by atoms with van der Waals surface area (Å²) in [5, 5.41) is 3.16. The van der Waals surface area contributed by atoms with Crippen LogP contribution in [0.1, 0.15) is 25.7 Å². The summed E-state index contributed by atoms with van der Waals surface area (Å²) in [6.45, 7) is 4.28. The molecule has 0 amide bonds. The molecule has 0 saturated heterocycles. The lowest BCUT2D eigenvalue weighted by Crippen LogP contribution is -2.36. The second-order valence-electron chi connectivity index (χ2n) is 3.33. The second-order valence-corrected chi connectivity index (χ2v) is 3.33. The fourth-order valence-corrected chi connectivity index (χ4v) is 1.49. The molecule has 0 radical (unpaired) electrons. The molecule has 1 aliphatic carbocycles. The van der Waals surface area contributed by atoms with Gasteiger partial charge < -0.3 is 5.32 Å². The van der Waals surface area contributed by atoms with Crippen molar-refractivity contribution in [3.05, 3.63) is 12.7 Å². The molecule has 0 aromatic carbocycles. The van der Waals surface area contributed by atoms with Crippen LogP contribution in [-0.4, -0.2) is 18.5 Å². The van der Waals surface area contributed by atoms with E-state index in [2.05, 4.69) is 11.9 Å².